The van der Waals surface area contributed by atoms with Crippen molar-refractivity contribution >= 4 is 11.9 Å². The van der Waals surface area contributed by atoms with E-state index in [4.69, 9.17) is 9.84 Å². The normalized spacial score (nSPS) is 30.3. The summed E-state index contributed by atoms with van der Waals surface area (Å²) < 4.78 is 4.91. The molecule has 108 valence electrons. The fourth-order valence-corrected chi connectivity index (χ4v) is 3.53. The number of carbonyl (C=O) groups excluding carboxylic acids is 1. The molecule has 4 unspecified atom stereocenters. The lowest BCUT2D eigenvalue weighted by atomic mass is 9.88. The summed E-state index contributed by atoms with van der Waals surface area (Å²) in [6, 6.07) is -0.776. The third-order valence-corrected chi connectivity index (χ3v) is 4.53. The van der Waals surface area contributed by atoms with Gasteiger partial charge in [0.15, 0.2) is 0 Å². The molecule has 2 aliphatic carbocycles. The Kier molecular flexibility index (Phi) is 4.80. The van der Waals surface area contributed by atoms with Crippen LogP contribution in [0.5, 0.6) is 0 Å². The van der Waals surface area contributed by atoms with E-state index in [1.165, 1.54) is 6.42 Å². The van der Waals surface area contributed by atoms with E-state index in [0.717, 1.165) is 19.3 Å². The number of carboxylic acids is 1. The van der Waals surface area contributed by atoms with Crippen LogP contribution in [0.15, 0.2) is 0 Å². The summed E-state index contributed by atoms with van der Waals surface area (Å²) in [6.07, 6.45) is 5.54. The first-order chi connectivity index (χ1) is 9.11. The molecule has 0 heterocycles. The SMILES string of the molecule is COCCCC(NC(=O)C1CC2CCC1C2)C(=O)O. The Labute approximate surface area is 113 Å². The molecule has 5 heteroatoms. The van der Waals surface area contributed by atoms with Gasteiger partial charge in [-0.25, -0.2) is 4.79 Å². The highest BCUT2D eigenvalue weighted by molar-refractivity contribution is 5.85. The second-order valence-electron chi connectivity index (χ2n) is 5.82. The summed E-state index contributed by atoms with van der Waals surface area (Å²) in [5, 5.41) is 11.8. The fraction of sp³-hybridized carbons (Fsp3) is 0.857. The van der Waals surface area contributed by atoms with Gasteiger partial charge >= 0.3 is 5.97 Å². The average molecular weight is 269 g/mol. The Morgan fingerprint density at radius 3 is 2.68 bits per heavy atom. The van der Waals surface area contributed by atoms with Gasteiger partial charge in [0.25, 0.3) is 0 Å². The smallest absolute Gasteiger partial charge is 0.326 e. The average Bonchev–Trinajstić information content (AvgIpc) is 2.99. The van der Waals surface area contributed by atoms with Crippen LogP contribution < -0.4 is 5.32 Å². The largest absolute Gasteiger partial charge is 0.480 e. The number of carboxylic acid groups (broad SMARTS) is 1. The third-order valence-electron chi connectivity index (χ3n) is 4.53. The third kappa shape index (κ3) is 3.47. The van der Waals surface area contributed by atoms with Crippen LogP contribution in [-0.2, 0) is 14.3 Å². The molecule has 0 radical (unpaired) electrons. The molecule has 0 aromatic carbocycles. The first kappa shape index (κ1) is 14.3. The molecule has 4 atom stereocenters. The molecule has 0 aromatic rings. The van der Waals surface area contributed by atoms with E-state index in [-0.39, 0.29) is 11.8 Å². The van der Waals surface area contributed by atoms with Crippen molar-refractivity contribution in [2.75, 3.05) is 13.7 Å². The van der Waals surface area contributed by atoms with Crippen molar-refractivity contribution in [1.29, 1.82) is 0 Å². The lowest BCUT2D eigenvalue weighted by Gasteiger charge is -2.23. The number of amides is 1. The second-order valence-corrected chi connectivity index (χ2v) is 5.82. The molecule has 2 saturated carbocycles. The minimum absolute atomic E-state index is 0.0445. The molecule has 0 spiro atoms. The zero-order valence-corrected chi connectivity index (χ0v) is 11.4. The Hall–Kier alpha value is -1.10. The van der Waals surface area contributed by atoms with Crippen molar-refractivity contribution in [3.8, 4) is 0 Å². The van der Waals surface area contributed by atoms with Gasteiger partial charge in [-0.2, -0.15) is 0 Å². The predicted octanol–water partition coefficient (Wildman–Crippen LogP) is 1.42. The summed E-state index contributed by atoms with van der Waals surface area (Å²) in [6.45, 7) is 0.522. The van der Waals surface area contributed by atoms with Gasteiger partial charge < -0.3 is 15.2 Å². The Balaban J connectivity index is 1.83. The molecule has 2 fully saturated rings. The summed E-state index contributed by atoms with van der Waals surface area (Å²) in [5.74, 6) is 0.212. The van der Waals surface area contributed by atoms with E-state index in [0.29, 0.717) is 31.3 Å². The van der Waals surface area contributed by atoms with E-state index >= 15 is 0 Å². The molecule has 0 aliphatic heterocycles. The minimum Gasteiger partial charge on any atom is -0.480 e. The number of fused-ring (bicyclic) bond motifs is 2. The van der Waals surface area contributed by atoms with Crippen molar-refractivity contribution in [2.24, 2.45) is 17.8 Å². The van der Waals surface area contributed by atoms with Crippen molar-refractivity contribution in [3.05, 3.63) is 0 Å². The highest BCUT2D eigenvalue weighted by Gasteiger charge is 2.43. The number of rotatable bonds is 7. The molecule has 1 amide bonds. The zero-order chi connectivity index (χ0) is 13.8. The molecule has 5 nitrogen and oxygen atoms in total. The summed E-state index contributed by atoms with van der Waals surface area (Å²) in [7, 11) is 1.59. The summed E-state index contributed by atoms with van der Waals surface area (Å²) >= 11 is 0. The van der Waals surface area contributed by atoms with Gasteiger partial charge in [-0.1, -0.05) is 6.42 Å². The van der Waals surface area contributed by atoms with Gasteiger partial charge in [0.2, 0.25) is 5.91 Å². The number of hydrogen-bond acceptors (Lipinski definition) is 3. The molecule has 2 N–H and O–H groups in total. The van der Waals surface area contributed by atoms with Crippen LogP contribution in [0, 0.1) is 17.8 Å². The highest BCUT2D eigenvalue weighted by Crippen LogP contribution is 2.48. The number of methoxy groups -OCH3 is 1. The van der Waals surface area contributed by atoms with Crippen molar-refractivity contribution in [3.63, 3.8) is 0 Å². The Morgan fingerprint density at radius 1 is 1.37 bits per heavy atom. The zero-order valence-electron chi connectivity index (χ0n) is 11.4. The molecular weight excluding hydrogens is 246 g/mol. The maximum atomic E-state index is 12.2. The van der Waals surface area contributed by atoms with Crippen LogP contribution in [0.1, 0.15) is 38.5 Å². The summed E-state index contributed by atoms with van der Waals surface area (Å²) in [5.41, 5.74) is 0. The van der Waals surface area contributed by atoms with Gasteiger partial charge in [0.1, 0.15) is 6.04 Å². The fourth-order valence-electron chi connectivity index (χ4n) is 3.53. The van der Waals surface area contributed by atoms with Crippen LogP contribution in [0.3, 0.4) is 0 Å². The monoisotopic (exact) mass is 269 g/mol. The predicted molar refractivity (Wildman–Crippen MR) is 69.6 cm³/mol. The van der Waals surface area contributed by atoms with Gasteiger partial charge in [-0.15, -0.1) is 0 Å². The molecule has 0 saturated heterocycles. The van der Waals surface area contributed by atoms with Gasteiger partial charge in [0.05, 0.1) is 0 Å². The van der Waals surface area contributed by atoms with E-state index < -0.39 is 12.0 Å². The van der Waals surface area contributed by atoms with E-state index in [1.807, 2.05) is 0 Å². The number of ether oxygens (including phenoxy) is 1. The second kappa shape index (κ2) is 6.37. The van der Waals surface area contributed by atoms with Crippen LogP contribution in [0.4, 0.5) is 0 Å². The molecule has 2 bridgehead atoms. The number of aliphatic carboxylic acids is 1. The number of carbonyl (C=O) groups is 2. The summed E-state index contributed by atoms with van der Waals surface area (Å²) in [4.78, 5) is 23.3. The van der Waals surface area contributed by atoms with E-state index in [2.05, 4.69) is 5.32 Å². The van der Waals surface area contributed by atoms with Gasteiger partial charge in [-0.3, -0.25) is 4.79 Å². The molecular formula is C14H23NO4. The van der Waals surface area contributed by atoms with Crippen molar-refractivity contribution < 1.29 is 19.4 Å². The first-order valence-corrected chi connectivity index (χ1v) is 7.14. The molecule has 2 rings (SSSR count). The number of hydrogen-bond donors (Lipinski definition) is 2. The molecule has 19 heavy (non-hydrogen) atoms. The van der Waals surface area contributed by atoms with Crippen LogP contribution in [0.25, 0.3) is 0 Å². The number of nitrogens with one attached hydrogen (secondary N) is 1. The Morgan fingerprint density at radius 2 is 2.16 bits per heavy atom. The van der Waals surface area contributed by atoms with Gasteiger partial charge in [-0.05, 0) is 43.9 Å². The van der Waals surface area contributed by atoms with Crippen LogP contribution in [0.2, 0.25) is 0 Å². The maximum Gasteiger partial charge on any atom is 0.326 e. The first-order valence-electron chi connectivity index (χ1n) is 7.14. The quantitative estimate of drug-likeness (QED) is 0.685. The lowest BCUT2D eigenvalue weighted by molar-refractivity contribution is -0.143. The van der Waals surface area contributed by atoms with Crippen LogP contribution >= 0.6 is 0 Å². The standard InChI is InChI=1S/C14H23NO4/c1-19-6-2-3-12(14(17)18)15-13(16)11-8-9-4-5-10(11)7-9/h9-12H,2-8H2,1H3,(H,15,16)(H,17,18). The Bertz CT molecular complexity index is 344. The molecule has 0 aromatic heterocycles. The van der Waals surface area contributed by atoms with Crippen molar-refractivity contribution in [2.45, 2.75) is 44.6 Å². The minimum atomic E-state index is -0.951. The lowest BCUT2D eigenvalue weighted by Crippen LogP contribution is -2.44. The molecule has 2 aliphatic rings. The van der Waals surface area contributed by atoms with E-state index in [9.17, 15) is 9.59 Å². The van der Waals surface area contributed by atoms with Crippen LogP contribution in [-0.4, -0.2) is 36.7 Å². The van der Waals surface area contributed by atoms with E-state index in [1.54, 1.807) is 7.11 Å². The van der Waals surface area contributed by atoms with Crippen molar-refractivity contribution in [1.82, 2.24) is 5.32 Å². The topological polar surface area (TPSA) is 75.6 Å². The van der Waals surface area contributed by atoms with Gasteiger partial charge in [0, 0.05) is 19.6 Å². The highest BCUT2D eigenvalue weighted by atomic mass is 16.5. The maximum absolute atomic E-state index is 12.2.